The zero-order valence-corrected chi connectivity index (χ0v) is 12.5. The van der Waals surface area contributed by atoms with Crippen LogP contribution in [0.1, 0.15) is 58.8 Å². The lowest BCUT2D eigenvalue weighted by Gasteiger charge is -2.26. The van der Waals surface area contributed by atoms with Crippen LogP contribution in [-0.4, -0.2) is 28.5 Å². The van der Waals surface area contributed by atoms with E-state index in [1.165, 1.54) is 36.8 Å². The molecule has 1 aliphatic carbocycles. The lowest BCUT2D eigenvalue weighted by molar-refractivity contribution is -0.126. The average Bonchev–Trinajstić information content (AvgIpc) is 2.67. The van der Waals surface area contributed by atoms with Gasteiger partial charge in [0.1, 0.15) is 5.37 Å². The first-order chi connectivity index (χ1) is 8.79. The van der Waals surface area contributed by atoms with Crippen molar-refractivity contribution in [3.63, 3.8) is 0 Å². The van der Waals surface area contributed by atoms with Crippen LogP contribution in [0.4, 0.5) is 0 Å². The number of amides is 1. The van der Waals surface area contributed by atoms with Gasteiger partial charge in [-0.3, -0.25) is 4.79 Å². The summed E-state index contributed by atoms with van der Waals surface area (Å²) in [5.74, 6) is 1.52. The van der Waals surface area contributed by atoms with Crippen LogP contribution in [0.15, 0.2) is 11.1 Å². The Morgan fingerprint density at radius 1 is 1.22 bits per heavy atom. The topological polar surface area (TPSA) is 20.3 Å². The Morgan fingerprint density at radius 2 is 2.00 bits per heavy atom. The van der Waals surface area contributed by atoms with Crippen molar-refractivity contribution >= 4 is 17.7 Å². The van der Waals surface area contributed by atoms with Crippen molar-refractivity contribution in [3.05, 3.63) is 11.1 Å². The van der Waals surface area contributed by atoms with Crippen molar-refractivity contribution in [1.82, 2.24) is 4.90 Å². The van der Waals surface area contributed by atoms with E-state index in [9.17, 15) is 4.79 Å². The van der Waals surface area contributed by atoms with Gasteiger partial charge in [-0.2, -0.15) is 0 Å². The number of carbonyl (C=O) groups is 1. The molecule has 0 fully saturated rings. The van der Waals surface area contributed by atoms with Gasteiger partial charge in [-0.1, -0.05) is 20.3 Å². The largest absolute Gasteiger partial charge is 0.323 e. The lowest BCUT2D eigenvalue weighted by atomic mass is 9.94. The third-order valence-corrected chi connectivity index (χ3v) is 5.34. The van der Waals surface area contributed by atoms with Crippen molar-refractivity contribution in [2.75, 3.05) is 12.3 Å². The molecular weight excluding hydrogens is 242 g/mol. The molecule has 0 saturated heterocycles. The molecule has 0 radical (unpaired) electrons. The molecule has 0 unspecified atom stereocenters. The molecule has 1 amide bonds. The summed E-state index contributed by atoms with van der Waals surface area (Å²) >= 11 is 1.98. The van der Waals surface area contributed by atoms with Crippen molar-refractivity contribution in [1.29, 1.82) is 0 Å². The molecule has 1 atom stereocenters. The van der Waals surface area contributed by atoms with E-state index in [-0.39, 0.29) is 0 Å². The second kappa shape index (κ2) is 6.65. The van der Waals surface area contributed by atoms with Crippen LogP contribution in [0.3, 0.4) is 0 Å². The van der Waals surface area contributed by atoms with Gasteiger partial charge >= 0.3 is 0 Å². The number of thioether (sulfide) groups is 1. The lowest BCUT2D eigenvalue weighted by Crippen LogP contribution is -2.34. The van der Waals surface area contributed by atoms with E-state index < -0.39 is 0 Å². The van der Waals surface area contributed by atoms with Crippen molar-refractivity contribution in [3.8, 4) is 0 Å². The second-order valence-electron chi connectivity index (χ2n) is 5.29. The molecule has 102 valence electrons. The summed E-state index contributed by atoms with van der Waals surface area (Å²) in [5, 5.41) is 0.374. The smallest absolute Gasteiger partial charge is 0.250 e. The van der Waals surface area contributed by atoms with Crippen molar-refractivity contribution < 1.29 is 4.79 Å². The zero-order valence-electron chi connectivity index (χ0n) is 11.7. The van der Waals surface area contributed by atoms with Gasteiger partial charge in [-0.15, -0.1) is 11.8 Å². The average molecular weight is 267 g/mol. The molecule has 0 aromatic carbocycles. The molecule has 0 aromatic heterocycles. The Bertz CT molecular complexity index is 337. The SMILES string of the molecule is CCCCN1C(=O)C2=C(CCCC2)[C@H]1SCCC. The summed E-state index contributed by atoms with van der Waals surface area (Å²) in [6, 6.07) is 0. The van der Waals surface area contributed by atoms with Gasteiger partial charge in [0, 0.05) is 12.1 Å². The summed E-state index contributed by atoms with van der Waals surface area (Å²) in [7, 11) is 0. The summed E-state index contributed by atoms with van der Waals surface area (Å²) in [4.78, 5) is 14.6. The van der Waals surface area contributed by atoms with E-state index in [1.807, 2.05) is 11.8 Å². The fourth-order valence-electron chi connectivity index (χ4n) is 2.88. The molecular formula is C15H25NOS. The van der Waals surface area contributed by atoms with E-state index in [2.05, 4.69) is 18.7 Å². The quantitative estimate of drug-likeness (QED) is 0.726. The molecule has 2 rings (SSSR count). The molecule has 3 heteroatoms. The molecule has 0 N–H and O–H groups in total. The predicted octanol–water partition coefficient (Wildman–Crippen LogP) is 3.97. The van der Waals surface area contributed by atoms with Crippen LogP contribution in [0.2, 0.25) is 0 Å². The Balaban J connectivity index is 2.12. The van der Waals surface area contributed by atoms with Crippen LogP contribution >= 0.6 is 11.8 Å². The zero-order chi connectivity index (χ0) is 13.0. The highest BCUT2D eigenvalue weighted by atomic mass is 32.2. The summed E-state index contributed by atoms with van der Waals surface area (Å²) < 4.78 is 0. The van der Waals surface area contributed by atoms with Gasteiger partial charge in [0.05, 0.1) is 0 Å². The van der Waals surface area contributed by atoms with Crippen molar-refractivity contribution in [2.45, 2.75) is 64.2 Å². The van der Waals surface area contributed by atoms with Gasteiger partial charge in [-0.05, 0) is 49.9 Å². The van der Waals surface area contributed by atoms with Crippen LogP contribution in [-0.2, 0) is 4.79 Å². The summed E-state index contributed by atoms with van der Waals surface area (Å²) in [5.41, 5.74) is 2.65. The Hall–Kier alpha value is -0.440. The number of unbranched alkanes of at least 4 members (excludes halogenated alkanes) is 1. The maximum atomic E-state index is 12.5. The van der Waals surface area contributed by atoms with Gasteiger partial charge in [0.2, 0.25) is 0 Å². The second-order valence-corrected chi connectivity index (χ2v) is 6.47. The van der Waals surface area contributed by atoms with Gasteiger partial charge < -0.3 is 4.90 Å². The molecule has 1 aliphatic heterocycles. The summed E-state index contributed by atoms with van der Waals surface area (Å²) in [6.07, 6.45) is 8.16. The predicted molar refractivity (Wildman–Crippen MR) is 78.7 cm³/mol. The normalized spacial score (nSPS) is 23.8. The highest BCUT2D eigenvalue weighted by Gasteiger charge is 2.39. The highest BCUT2D eigenvalue weighted by Crippen LogP contribution is 2.41. The van der Waals surface area contributed by atoms with Gasteiger partial charge in [-0.25, -0.2) is 0 Å². The van der Waals surface area contributed by atoms with Gasteiger partial charge in [0.25, 0.3) is 5.91 Å². The van der Waals surface area contributed by atoms with E-state index in [0.29, 0.717) is 11.3 Å². The highest BCUT2D eigenvalue weighted by molar-refractivity contribution is 8.00. The van der Waals surface area contributed by atoms with Crippen LogP contribution in [0, 0.1) is 0 Å². The first-order valence-electron chi connectivity index (χ1n) is 7.44. The third kappa shape index (κ3) is 2.76. The molecule has 18 heavy (non-hydrogen) atoms. The Morgan fingerprint density at radius 3 is 2.72 bits per heavy atom. The van der Waals surface area contributed by atoms with E-state index in [4.69, 9.17) is 0 Å². The summed E-state index contributed by atoms with van der Waals surface area (Å²) in [6.45, 7) is 5.36. The third-order valence-electron chi connectivity index (χ3n) is 3.84. The minimum absolute atomic E-state index is 0.353. The van der Waals surface area contributed by atoms with Crippen LogP contribution in [0.5, 0.6) is 0 Å². The molecule has 0 aromatic rings. The fourth-order valence-corrected chi connectivity index (χ4v) is 4.18. The maximum Gasteiger partial charge on any atom is 0.250 e. The molecule has 2 aliphatic rings. The monoisotopic (exact) mass is 267 g/mol. The van der Waals surface area contributed by atoms with E-state index >= 15 is 0 Å². The maximum absolute atomic E-state index is 12.5. The van der Waals surface area contributed by atoms with Crippen molar-refractivity contribution in [2.24, 2.45) is 0 Å². The number of carbonyl (C=O) groups excluding carboxylic acids is 1. The Labute approximate surface area is 115 Å². The van der Waals surface area contributed by atoms with Crippen LogP contribution < -0.4 is 0 Å². The standard InChI is InChI=1S/C15H25NOS/c1-3-5-10-16-14(17)12-8-6-7-9-13(12)15(16)18-11-4-2/h15H,3-11H2,1-2H3/t15-/m1/s1. The van der Waals surface area contributed by atoms with Gasteiger partial charge in [0.15, 0.2) is 0 Å². The Kier molecular flexibility index (Phi) is 5.16. The van der Waals surface area contributed by atoms with Crippen LogP contribution in [0.25, 0.3) is 0 Å². The number of nitrogens with zero attached hydrogens (tertiary/aromatic N) is 1. The molecule has 0 spiro atoms. The number of hydrogen-bond donors (Lipinski definition) is 0. The number of rotatable bonds is 6. The first kappa shape index (κ1) is 14.0. The molecule has 0 bridgehead atoms. The van der Waals surface area contributed by atoms with E-state index in [1.54, 1.807) is 0 Å². The minimum Gasteiger partial charge on any atom is -0.323 e. The number of hydrogen-bond acceptors (Lipinski definition) is 2. The fraction of sp³-hybridized carbons (Fsp3) is 0.800. The van der Waals surface area contributed by atoms with E-state index in [0.717, 1.165) is 31.6 Å². The molecule has 1 heterocycles. The first-order valence-corrected chi connectivity index (χ1v) is 8.49. The molecule has 0 saturated carbocycles. The minimum atomic E-state index is 0.353. The molecule has 2 nitrogen and oxygen atoms in total.